The number of carbonyl (C=O) groups excluding carboxylic acids is 2. The highest BCUT2D eigenvalue weighted by Crippen LogP contribution is 2.38. The van der Waals surface area contributed by atoms with Crippen LogP contribution in [0.2, 0.25) is 0 Å². The molecule has 1 saturated carbocycles. The lowest BCUT2D eigenvalue weighted by atomic mass is 9.72. The normalized spacial score (nSPS) is 26.0. The second-order valence-electron chi connectivity index (χ2n) is 9.74. The predicted molar refractivity (Wildman–Crippen MR) is 122 cm³/mol. The first-order valence-corrected chi connectivity index (χ1v) is 11.9. The molecule has 0 spiro atoms. The largest absolute Gasteiger partial charge is 0.390 e. The number of benzene rings is 1. The molecule has 1 saturated heterocycles. The van der Waals surface area contributed by atoms with Crippen molar-refractivity contribution in [3.63, 3.8) is 0 Å². The number of hydrogen-bond acceptors (Lipinski definition) is 4. The number of nitrogens with one attached hydrogen (secondary N) is 2. The minimum absolute atomic E-state index is 0.0605. The van der Waals surface area contributed by atoms with Gasteiger partial charge >= 0.3 is 0 Å². The van der Waals surface area contributed by atoms with Gasteiger partial charge in [0.05, 0.1) is 18.2 Å². The molecule has 0 aromatic heterocycles. The van der Waals surface area contributed by atoms with E-state index in [1.807, 2.05) is 44.2 Å². The Morgan fingerprint density at radius 2 is 1.77 bits per heavy atom. The van der Waals surface area contributed by atoms with Gasteiger partial charge in [-0.3, -0.25) is 14.5 Å². The highest BCUT2D eigenvalue weighted by atomic mass is 16.3. The maximum Gasteiger partial charge on any atom is 0.237 e. The van der Waals surface area contributed by atoms with Crippen molar-refractivity contribution in [3.05, 3.63) is 35.9 Å². The molecular weight excluding hydrogens is 390 g/mol. The summed E-state index contributed by atoms with van der Waals surface area (Å²) in [5, 5.41) is 17.2. The van der Waals surface area contributed by atoms with Crippen LogP contribution in [-0.4, -0.2) is 59.1 Å². The molecule has 3 N–H and O–H groups in total. The van der Waals surface area contributed by atoms with Crippen LogP contribution in [0.15, 0.2) is 30.3 Å². The van der Waals surface area contributed by atoms with Crippen molar-refractivity contribution >= 4 is 11.8 Å². The van der Waals surface area contributed by atoms with E-state index in [2.05, 4.69) is 15.5 Å². The lowest BCUT2D eigenvalue weighted by Gasteiger charge is -2.46. The first-order valence-electron chi connectivity index (χ1n) is 11.9. The van der Waals surface area contributed by atoms with Crippen LogP contribution in [-0.2, 0) is 16.0 Å². The molecule has 6 nitrogen and oxygen atoms in total. The number of aliphatic hydroxyl groups is 1. The van der Waals surface area contributed by atoms with Crippen LogP contribution in [0.1, 0.15) is 58.4 Å². The third-order valence-corrected chi connectivity index (χ3v) is 6.81. The number of carbonyl (C=O) groups is 2. The highest BCUT2D eigenvalue weighted by molar-refractivity contribution is 5.82. The van der Waals surface area contributed by atoms with Gasteiger partial charge in [-0.25, -0.2) is 0 Å². The summed E-state index contributed by atoms with van der Waals surface area (Å²) in [5.41, 5.74) is 1.07. The summed E-state index contributed by atoms with van der Waals surface area (Å²) in [6.45, 7) is 6.68. The zero-order valence-electron chi connectivity index (χ0n) is 19.2. The SMILES string of the molecule is CC(=O)NC(Cc1ccccc1)C(O)CN1CC2CCCCC2CC1C(=O)NC(C)C. The molecule has 1 heterocycles. The van der Waals surface area contributed by atoms with Gasteiger partial charge in [-0.1, -0.05) is 49.6 Å². The fraction of sp³-hybridized carbons (Fsp3) is 0.680. The molecule has 5 unspecified atom stereocenters. The van der Waals surface area contributed by atoms with E-state index in [-0.39, 0.29) is 23.9 Å². The van der Waals surface area contributed by atoms with Crippen LogP contribution in [0.4, 0.5) is 0 Å². The maximum atomic E-state index is 13.0. The molecular formula is C25H39N3O3. The minimum atomic E-state index is -0.751. The van der Waals surface area contributed by atoms with Crippen molar-refractivity contribution < 1.29 is 14.7 Å². The maximum absolute atomic E-state index is 13.0. The lowest BCUT2D eigenvalue weighted by Crippen LogP contribution is -2.59. The Labute approximate surface area is 186 Å². The van der Waals surface area contributed by atoms with E-state index < -0.39 is 12.1 Å². The Balaban J connectivity index is 1.73. The van der Waals surface area contributed by atoms with E-state index in [9.17, 15) is 14.7 Å². The summed E-state index contributed by atoms with van der Waals surface area (Å²) in [5.74, 6) is 1.10. The van der Waals surface area contributed by atoms with Crippen molar-refractivity contribution in [1.82, 2.24) is 15.5 Å². The van der Waals surface area contributed by atoms with Gasteiger partial charge in [-0.05, 0) is 50.5 Å². The van der Waals surface area contributed by atoms with E-state index in [0.717, 1.165) is 18.5 Å². The van der Waals surface area contributed by atoms with Crippen molar-refractivity contribution in [2.75, 3.05) is 13.1 Å². The van der Waals surface area contributed by atoms with Crippen molar-refractivity contribution in [3.8, 4) is 0 Å². The molecule has 2 fully saturated rings. The van der Waals surface area contributed by atoms with Crippen molar-refractivity contribution in [2.45, 2.75) is 83.5 Å². The number of aliphatic hydroxyl groups excluding tert-OH is 1. The summed E-state index contributed by atoms with van der Waals surface area (Å²) >= 11 is 0. The monoisotopic (exact) mass is 429 g/mol. The Morgan fingerprint density at radius 3 is 2.42 bits per heavy atom. The topological polar surface area (TPSA) is 81.7 Å². The molecule has 3 rings (SSSR count). The molecule has 2 aliphatic rings. The van der Waals surface area contributed by atoms with E-state index in [0.29, 0.717) is 24.8 Å². The molecule has 0 bridgehead atoms. The van der Waals surface area contributed by atoms with Gasteiger partial charge in [0.2, 0.25) is 11.8 Å². The number of likely N-dealkylation sites (tertiary alicyclic amines) is 1. The number of amides is 2. The van der Waals surface area contributed by atoms with Crippen LogP contribution in [0.25, 0.3) is 0 Å². The Hall–Kier alpha value is -1.92. The van der Waals surface area contributed by atoms with Gasteiger partial charge < -0.3 is 15.7 Å². The number of hydrogen-bond donors (Lipinski definition) is 3. The lowest BCUT2D eigenvalue weighted by molar-refractivity contribution is -0.132. The van der Waals surface area contributed by atoms with E-state index >= 15 is 0 Å². The fourth-order valence-corrected chi connectivity index (χ4v) is 5.33. The van der Waals surface area contributed by atoms with Crippen molar-refractivity contribution in [2.24, 2.45) is 11.8 Å². The summed E-state index contributed by atoms with van der Waals surface area (Å²) in [6, 6.07) is 9.39. The molecule has 1 aliphatic carbocycles. The third kappa shape index (κ3) is 6.78. The molecule has 5 atom stereocenters. The average molecular weight is 430 g/mol. The molecule has 172 valence electrons. The van der Waals surface area contributed by atoms with Gasteiger partial charge in [-0.15, -0.1) is 0 Å². The minimum Gasteiger partial charge on any atom is -0.390 e. The predicted octanol–water partition coefficient (Wildman–Crippen LogP) is 2.50. The molecule has 31 heavy (non-hydrogen) atoms. The standard InChI is InChI=1S/C25H39N3O3/c1-17(2)26-25(31)23-14-20-11-7-8-12-21(20)15-28(23)16-24(30)22(27-18(3)29)13-19-9-5-4-6-10-19/h4-6,9-10,17,20-24,30H,7-8,11-16H2,1-3H3,(H,26,31)(H,27,29). The highest BCUT2D eigenvalue weighted by Gasteiger charge is 2.41. The van der Waals surface area contributed by atoms with E-state index in [4.69, 9.17) is 0 Å². The molecule has 1 aromatic carbocycles. The second-order valence-corrected chi connectivity index (χ2v) is 9.74. The quantitative estimate of drug-likeness (QED) is 0.593. The van der Waals surface area contributed by atoms with Gasteiger partial charge in [0.15, 0.2) is 0 Å². The van der Waals surface area contributed by atoms with Gasteiger partial charge in [0.1, 0.15) is 0 Å². The zero-order chi connectivity index (χ0) is 22.4. The Bertz CT molecular complexity index is 724. The van der Waals surface area contributed by atoms with Crippen molar-refractivity contribution in [1.29, 1.82) is 0 Å². The third-order valence-electron chi connectivity index (χ3n) is 6.81. The average Bonchev–Trinajstić information content (AvgIpc) is 2.72. The van der Waals surface area contributed by atoms with Crippen LogP contribution in [0.3, 0.4) is 0 Å². The number of fused-ring (bicyclic) bond motifs is 1. The van der Waals surface area contributed by atoms with Gasteiger partial charge in [-0.2, -0.15) is 0 Å². The molecule has 1 aromatic rings. The number of rotatable bonds is 8. The smallest absolute Gasteiger partial charge is 0.237 e. The Morgan fingerprint density at radius 1 is 1.10 bits per heavy atom. The number of nitrogens with zero attached hydrogens (tertiary/aromatic N) is 1. The second kappa shape index (κ2) is 11.1. The molecule has 6 heteroatoms. The summed E-state index contributed by atoms with van der Waals surface area (Å²) in [4.78, 5) is 27.0. The Kier molecular flexibility index (Phi) is 8.50. The fourth-order valence-electron chi connectivity index (χ4n) is 5.33. The zero-order valence-corrected chi connectivity index (χ0v) is 19.2. The van der Waals surface area contributed by atoms with E-state index in [1.54, 1.807) is 0 Å². The van der Waals surface area contributed by atoms with Gasteiger partial charge in [0, 0.05) is 26.1 Å². The summed E-state index contributed by atoms with van der Waals surface area (Å²) < 4.78 is 0. The summed E-state index contributed by atoms with van der Waals surface area (Å²) in [7, 11) is 0. The molecule has 0 radical (unpaired) electrons. The van der Waals surface area contributed by atoms with Crippen LogP contribution in [0, 0.1) is 11.8 Å². The molecule has 2 amide bonds. The van der Waals surface area contributed by atoms with Crippen LogP contribution >= 0.6 is 0 Å². The first kappa shape index (κ1) is 23.7. The van der Waals surface area contributed by atoms with Crippen LogP contribution in [0.5, 0.6) is 0 Å². The van der Waals surface area contributed by atoms with E-state index in [1.165, 1.54) is 32.6 Å². The van der Waals surface area contributed by atoms with Gasteiger partial charge in [0.25, 0.3) is 0 Å². The molecule has 1 aliphatic heterocycles. The number of piperidine rings is 1. The first-order chi connectivity index (χ1) is 14.8. The van der Waals surface area contributed by atoms with Crippen LogP contribution < -0.4 is 10.6 Å². The summed E-state index contributed by atoms with van der Waals surface area (Å²) in [6.07, 6.45) is 5.58. The number of β-amino-alcohol motifs (C(OH)–C–C–N with tert-alkyl or cyclic N) is 1.